The molecule has 1 atom stereocenters. The summed E-state index contributed by atoms with van der Waals surface area (Å²) < 4.78 is 0. The summed E-state index contributed by atoms with van der Waals surface area (Å²) in [5, 5.41) is 23.5. The molecule has 3 N–H and O–H groups in total. The minimum atomic E-state index is -1.05. The molecule has 5 nitrogen and oxygen atoms in total. The summed E-state index contributed by atoms with van der Waals surface area (Å²) in [5.74, 6) is -0.504. The van der Waals surface area contributed by atoms with E-state index >= 15 is 0 Å². The van der Waals surface area contributed by atoms with E-state index in [1.54, 1.807) is 6.07 Å². The van der Waals surface area contributed by atoms with Crippen LogP contribution in [0.2, 0.25) is 0 Å². The lowest BCUT2D eigenvalue weighted by Gasteiger charge is -2.12. The number of anilines is 1. The number of pyridine rings is 1. The van der Waals surface area contributed by atoms with Crippen LogP contribution < -0.4 is 5.32 Å². The largest absolute Gasteiger partial charge is 0.477 e. The number of nitrogens with zero attached hydrogens (tertiary/aromatic N) is 1. The lowest BCUT2D eigenvalue weighted by molar-refractivity contribution is 0.0691. The summed E-state index contributed by atoms with van der Waals surface area (Å²) >= 11 is 0. The molecular weight excluding hydrogens is 256 g/mol. The molecule has 0 aliphatic heterocycles. The van der Waals surface area contributed by atoms with Crippen LogP contribution in [0.5, 0.6) is 0 Å². The third kappa shape index (κ3) is 3.24. The number of carbonyl (C=O) groups is 1. The summed E-state index contributed by atoms with van der Waals surface area (Å²) in [4.78, 5) is 15.2. The number of rotatable bonds is 6. The van der Waals surface area contributed by atoms with E-state index in [2.05, 4.69) is 10.3 Å². The fraction of sp³-hybridized carbons (Fsp3) is 0.333. The van der Waals surface area contributed by atoms with Crippen molar-refractivity contribution in [2.75, 3.05) is 11.9 Å². The van der Waals surface area contributed by atoms with Crippen LogP contribution in [0.4, 0.5) is 5.82 Å². The van der Waals surface area contributed by atoms with Crippen molar-refractivity contribution in [2.24, 2.45) is 0 Å². The van der Waals surface area contributed by atoms with Crippen molar-refractivity contribution in [3.8, 4) is 0 Å². The highest BCUT2D eigenvalue weighted by Crippen LogP contribution is 2.22. The van der Waals surface area contributed by atoms with E-state index in [0.29, 0.717) is 25.2 Å². The number of benzene rings is 1. The molecule has 20 heavy (non-hydrogen) atoms. The Bertz CT molecular complexity index is 613. The number of fused-ring (bicyclic) bond motifs is 1. The molecule has 0 amide bonds. The number of hydrogen-bond acceptors (Lipinski definition) is 4. The lowest BCUT2D eigenvalue weighted by atomic mass is 10.1. The van der Waals surface area contributed by atoms with Crippen molar-refractivity contribution in [3.63, 3.8) is 0 Å². The molecule has 2 rings (SSSR count). The number of aliphatic hydroxyl groups excluding tert-OH is 1. The molecule has 0 bridgehead atoms. The first kappa shape index (κ1) is 14.3. The van der Waals surface area contributed by atoms with Gasteiger partial charge in [0.2, 0.25) is 0 Å². The molecule has 5 heteroatoms. The highest BCUT2D eigenvalue weighted by molar-refractivity contribution is 5.97. The van der Waals surface area contributed by atoms with Gasteiger partial charge >= 0.3 is 5.97 Å². The van der Waals surface area contributed by atoms with E-state index in [4.69, 9.17) is 5.11 Å². The molecule has 0 aliphatic carbocycles. The van der Waals surface area contributed by atoms with E-state index in [0.717, 1.165) is 10.8 Å². The van der Waals surface area contributed by atoms with Crippen LogP contribution in [0.1, 0.15) is 30.3 Å². The molecule has 0 radical (unpaired) electrons. The minimum absolute atomic E-state index is 0.0160. The Balaban J connectivity index is 2.28. The maximum Gasteiger partial charge on any atom is 0.354 e. The second-order valence-electron chi connectivity index (χ2n) is 4.66. The van der Waals surface area contributed by atoms with E-state index in [9.17, 15) is 9.90 Å². The summed E-state index contributed by atoms with van der Waals surface area (Å²) in [7, 11) is 0. The second-order valence-corrected chi connectivity index (χ2v) is 4.66. The van der Waals surface area contributed by atoms with Crippen LogP contribution in [0, 0.1) is 0 Å². The number of aromatic carboxylic acids is 1. The smallest absolute Gasteiger partial charge is 0.354 e. The third-order valence-corrected chi connectivity index (χ3v) is 3.20. The van der Waals surface area contributed by atoms with Gasteiger partial charge < -0.3 is 15.5 Å². The number of hydrogen-bond donors (Lipinski definition) is 3. The first-order valence-corrected chi connectivity index (χ1v) is 6.67. The van der Waals surface area contributed by atoms with Crippen LogP contribution in [0.3, 0.4) is 0 Å². The molecule has 0 saturated carbocycles. The highest BCUT2D eigenvalue weighted by Gasteiger charge is 2.10. The SMILES string of the molecule is CCC(O)CCNc1nc(C(=O)O)cc2ccccc12. The number of carboxylic acid groups (broad SMARTS) is 1. The van der Waals surface area contributed by atoms with Gasteiger partial charge in [-0.1, -0.05) is 31.2 Å². The van der Waals surface area contributed by atoms with Crippen molar-refractivity contribution >= 4 is 22.6 Å². The zero-order chi connectivity index (χ0) is 14.5. The summed E-state index contributed by atoms with van der Waals surface area (Å²) in [6.45, 7) is 2.47. The van der Waals surface area contributed by atoms with E-state index in [-0.39, 0.29) is 11.8 Å². The molecule has 0 spiro atoms. The Kier molecular flexibility index (Phi) is 4.53. The molecule has 0 fully saturated rings. The maximum absolute atomic E-state index is 11.1. The Morgan fingerprint density at radius 2 is 2.15 bits per heavy atom. The zero-order valence-electron chi connectivity index (χ0n) is 11.3. The van der Waals surface area contributed by atoms with E-state index in [1.807, 2.05) is 31.2 Å². The Labute approximate surface area is 117 Å². The van der Waals surface area contributed by atoms with Crippen LogP contribution in [-0.4, -0.2) is 33.8 Å². The average molecular weight is 274 g/mol. The average Bonchev–Trinajstić information content (AvgIpc) is 2.46. The van der Waals surface area contributed by atoms with Gasteiger partial charge in [0.25, 0.3) is 0 Å². The third-order valence-electron chi connectivity index (χ3n) is 3.20. The van der Waals surface area contributed by atoms with E-state index < -0.39 is 5.97 Å². The topological polar surface area (TPSA) is 82.5 Å². The molecule has 1 aromatic carbocycles. The van der Waals surface area contributed by atoms with Gasteiger partial charge in [-0.15, -0.1) is 0 Å². The number of aromatic nitrogens is 1. The second kappa shape index (κ2) is 6.34. The Morgan fingerprint density at radius 1 is 1.40 bits per heavy atom. The molecule has 1 heterocycles. The van der Waals surface area contributed by atoms with Crippen molar-refractivity contribution in [1.82, 2.24) is 4.98 Å². The lowest BCUT2D eigenvalue weighted by Crippen LogP contribution is -2.14. The fourth-order valence-electron chi connectivity index (χ4n) is 2.00. The van der Waals surface area contributed by atoms with Crippen molar-refractivity contribution in [3.05, 3.63) is 36.0 Å². The molecule has 2 aromatic rings. The van der Waals surface area contributed by atoms with E-state index in [1.165, 1.54) is 0 Å². The van der Waals surface area contributed by atoms with Gasteiger partial charge in [0.15, 0.2) is 5.69 Å². The van der Waals surface area contributed by atoms with Gasteiger partial charge in [-0.2, -0.15) is 0 Å². The summed E-state index contributed by atoms with van der Waals surface area (Å²) in [5.41, 5.74) is 0.0160. The van der Waals surface area contributed by atoms with Crippen LogP contribution in [-0.2, 0) is 0 Å². The monoisotopic (exact) mass is 274 g/mol. The van der Waals surface area contributed by atoms with Crippen molar-refractivity contribution < 1.29 is 15.0 Å². The van der Waals surface area contributed by atoms with Crippen molar-refractivity contribution in [1.29, 1.82) is 0 Å². The predicted octanol–water partition coefficient (Wildman–Crippen LogP) is 2.51. The highest BCUT2D eigenvalue weighted by atomic mass is 16.4. The molecule has 0 aliphatic rings. The standard InChI is InChI=1S/C15H18N2O3/c1-2-11(18)7-8-16-14-12-6-4-3-5-10(12)9-13(17-14)15(19)20/h3-6,9,11,18H,2,7-8H2,1H3,(H,16,17)(H,19,20). The predicted molar refractivity (Wildman–Crippen MR) is 78.1 cm³/mol. The van der Waals surface area contributed by atoms with Gasteiger partial charge in [-0.25, -0.2) is 9.78 Å². The quantitative estimate of drug-likeness (QED) is 0.754. The normalized spacial score (nSPS) is 12.3. The zero-order valence-corrected chi connectivity index (χ0v) is 11.3. The molecule has 1 aromatic heterocycles. The first-order chi connectivity index (χ1) is 9.61. The number of carboxylic acids is 1. The van der Waals surface area contributed by atoms with Crippen LogP contribution in [0.15, 0.2) is 30.3 Å². The Morgan fingerprint density at radius 3 is 2.85 bits per heavy atom. The molecular formula is C15H18N2O3. The van der Waals surface area contributed by atoms with Gasteiger partial charge in [0.1, 0.15) is 5.82 Å². The number of aliphatic hydroxyl groups is 1. The molecule has 0 saturated heterocycles. The van der Waals surface area contributed by atoms with Gasteiger partial charge in [-0.05, 0) is 24.3 Å². The first-order valence-electron chi connectivity index (χ1n) is 6.67. The van der Waals surface area contributed by atoms with Crippen molar-refractivity contribution in [2.45, 2.75) is 25.9 Å². The van der Waals surface area contributed by atoms with Gasteiger partial charge in [0, 0.05) is 11.9 Å². The number of nitrogens with one attached hydrogen (secondary N) is 1. The molecule has 106 valence electrons. The van der Waals surface area contributed by atoms with Gasteiger partial charge in [-0.3, -0.25) is 0 Å². The summed E-state index contributed by atoms with van der Waals surface area (Å²) in [6.07, 6.45) is 0.950. The van der Waals surface area contributed by atoms with Crippen LogP contribution >= 0.6 is 0 Å². The Hall–Kier alpha value is -2.14. The molecule has 1 unspecified atom stereocenters. The fourth-order valence-corrected chi connectivity index (χ4v) is 2.00. The minimum Gasteiger partial charge on any atom is -0.477 e. The maximum atomic E-state index is 11.1. The van der Waals surface area contributed by atoms with Crippen LogP contribution in [0.25, 0.3) is 10.8 Å². The summed E-state index contributed by atoms with van der Waals surface area (Å²) in [6, 6.07) is 9.06. The van der Waals surface area contributed by atoms with Gasteiger partial charge in [0.05, 0.1) is 6.10 Å².